The molecule has 22 heavy (non-hydrogen) atoms. The van der Waals surface area contributed by atoms with Crippen LogP contribution in [0.5, 0.6) is 0 Å². The van der Waals surface area contributed by atoms with Crippen molar-refractivity contribution in [3.63, 3.8) is 0 Å². The average Bonchev–Trinajstić information content (AvgIpc) is 2.69. The first-order valence-electron chi connectivity index (χ1n) is 6.64. The molecule has 2 rings (SSSR count). The highest BCUT2D eigenvalue weighted by atomic mass is 79.9. The average molecular weight is 444 g/mol. The van der Waals surface area contributed by atoms with Crippen LogP contribution in [-0.2, 0) is 0 Å². The third-order valence-corrected chi connectivity index (χ3v) is 5.74. The van der Waals surface area contributed by atoms with Crippen molar-refractivity contribution in [2.75, 3.05) is 26.2 Å². The van der Waals surface area contributed by atoms with Crippen LogP contribution in [0, 0.1) is 6.92 Å². The van der Waals surface area contributed by atoms with Crippen molar-refractivity contribution >= 4 is 52.1 Å². The molecule has 2 heterocycles. The Morgan fingerprint density at radius 3 is 2.36 bits per heavy atom. The van der Waals surface area contributed by atoms with Crippen molar-refractivity contribution in [2.45, 2.75) is 32.0 Å². The predicted octanol–water partition coefficient (Wildman–Crippen LogP) is 4.95. The van der Waals surface area contributed by atoms with Gasteiger partial charge in [-0.1, -0.05) is 0 Å². The summed E-state index contributed by atoms with van der Waals surface area (Å²) in [6, 6.07) is 1.88. The standard InChI is InChI=1S/C13H18BrF3N2S.2ClH/c1-9-8-11(20-12(9)14)10(2-3-13(15,16)17)19-6-4-18-5-7-19;;/h8,10,18H,2-7H2,1H3;2*1H/t10-;;/m1../s1. The number of hydrogen-bond acceptors (Lipinski definition) is 3. The van der Waals surface area contributed by atoms with Crippen LogP contribution in [-0.4, -0.2) is 37.3 Å². The Balaban J connectivity index is 0.00000220. The van der Waals surface area contributed by atoms with E-state index in [1.54, 1.807) is 11.3 Å². The molecule has 1 fully saturated rings. The van der Waals surface area contributed by atoms with Gasteiger partial charge in [0.1, 0.15) is 0 Å². The highest BCUT2D eigenvalue weighted by molar-refractivity contribution is 9.11. The summed E-state index contributed by atoms with van der Waals surface area (Å²) < 4.78 is 38.7. The Bertz CT molecular complexity index is 431. The Labute approximate surface area is 153 Å². The molecule has 1 saturated heterocycles. The summed E-state index contributed by atoms with van der Waals surface area (Å²) in [6.07, 6.45) is -4.68. The maximum atomic E-state index is 12.5. The van der Waals surface area contributed by atoms with E-state index >= 15 is 0 Å². The molecule has 9 heteroatoms. The molecule has 1 atom stereocenters. The van der Waals surface area contributed by atoms with Crippen LogP contribution < -0.4 is 5.32 Å². The lowest BCUT2D eigenvalue weighted by atomic mass is 10.1. The summed E-state index contributed by atoms with van der Waals surface area (Å²) in [6.45, 7) is 5.26. The van der Waals surface area contributed by atoms with Gasteiger partial charge in [0, 0.05) is 43.5 Å². The zero-order valence-corrected chi connectivity index (χ0v) is 16.1. The summed E-state index contributed by atoms with van der Waals surface area (Å²) in [7, 11) is 0. The fourth-order valence-corrected chi connectivity index (χ4v) is 4.19. The van der Waals surface area contributed by atoms with Gasteiger partial charge in [-0.05, 0) is 40.9 Å². The third kappa shape index (κ3) is 6.53. The van der Waals surface area contributed by atoms with Crippen molar-refractivity contribution in [1.82, 2.24) is 10.2 Å². The van der Waals surface area contributed by atoms with Gasteiger partial charge in [0.05, 0.1) is 3.79 Å². The topological polar surface area (TPSA) is 15.3 Å². The first-order valence-corrected chi connectivity index (χ1v) is 8.25. The summed E-state index contributed by atoms with van der Waals surface area (Å²) in [4.78, 5) is 3.19. The van der Waals surface area contributed by atoms with Crippen LogP contribution in [0.1, 0.15) is 29.3 Å². The molecule has 1 aromatic heterocycles. The normalized spacial score (nSPS) is 17.5. The highest BCUT2D eigenvalue weighted by Crippen LogP contribution is 2.38. The molecule has 1 aliphatic heterocycles. The number of hydrogen-bond donors (Lipinski definition) is 1. The molecule has 130 valence electrons. The van der Waals surface area contributed by atoms with Crippen LogP contribution in [0.3, 0.4) is 0 Å². The molecule has 0 amide bonds. The highest BCUT2D eigenvalue weighted by Gasteiger charge is 2.32. The molecule has 0 unspecified atom stereocenters. The van der Waals surface area contributed by atoms with Gasteiger partial charge in [-0.25, -0.2) is 0 Å². The first-order chi connectivity index (χ1) is 9.37. The van der Waals surface area contributed by atoms with Gasteiger partial charge in [-0.2, -0.15) is 13.2 Å². The molecule has 0 spiro atoms. The maximum absolute atomic E-state index is 12.5. The van der Waals surface area contributed by atoms with Gasteiger partial charge in [-0.3, -0.25) is 4.90 Å². The molecule has 0 aliphatic carbocycles. The minimum absolute atomic E-state index is 0. The Morgan fingerprint density at radius 2 is 1.91 bits per heavy atom. The second-order valence-electron chi connectivity index (χ2n) is 5.06. The van der Waals surface area contributed by atoms with E-state index < -0.39 is 12.6 Å². The molecule has 0 saturated carbocycles. The van der Waals surface area contributed by atoms with Crippen molar-refractivity contribution < 1.29 is 13.2 Å². The molecule has 2 nitrogen and oxygen atoms in total. The summed E-state index contributed by atoms with van der Waals surface area (Å²) in [5.74, 6) is 0. The van der Waals surface area contributed by atoms with Crippen LogP contribution in [0.25, 0.3) is 0 Å². The largest absolute Gasteiger partial charge is 0.389 e. The monoisotopic (exact) mass is 442 g/mol. The zero-order chi connectivity index (χ0) is 14.8. The number of piperazine rings is 1. The van der Waals surface area contributed by atoms with E-state index in [4.69, 9.17) is 0 Å². The molecule has 1 N–H and O–H groups in total. The lowest BCUT2D eigenvalue weighted by Crippen LogP contribution is -2.45. The van der Waals surface area contributed by atoms with Gasteiger partial charge in [-0.15, -0.1) is 36.2 Å². The number of nitrogens with zero attached hydrogens (tertiary/aromatic N) is 1. The van der Waals surface area contributed by atoms with E-state index in [1.165, 1.54) is 0 Å². The number of thiophene rings is 1. The van der Waals surface area contributed by atoms with Gasteiger partial charge >= 0.3 is 6.18 Å². The molecule has 1 aliphatic rings. The van der Waals surface area contributed by atoms with Crippen molar-refractivity contribution in [1.29, 1.82) is 0 Å². The lowest BCUT2D eigenvalue weighted by molar-refractivity contribution is -0.138. The van der Waals surface area contributed by atoms with Gasteiger partial charge in [0.15, 0.2) is 0 Å². The Kier molecular flexibility index (Phi) is 9.90. The number of nitrogens with one attached hydrogen (secondary N) is 1. The number of rotatable bonds is 4. The smallest absolute Gasteiger partial charge is 0.314 e. The van der Waals surface area contributed by atoms with E-state index in [9.17, 15) is 13.2 Å². The van der Waals surface area contributed by atoms with Crippen molar-refractivity contribution in [3.05, 3.63) is 20.3 Å². The van der Waals surface area contributed by atoms with Gasteiger partial charge in [0.2, 0.25) is 0 Å². The van der Waals surface area contributed by atoms with Crippen LogP contribution in [0.2, 0.25) is 0 Å². The van der Waals surface area contributed by atoms with Crippen molar-refractivity contribution in [3.8, 4) is 0 Å². The van der Waals surface area contributed by atoms with Crippen LogP contribution in [0.4, 0.5) is 13.2 Å². The quantitative estimate of drug-likeness (QED) is 0.707. The molecular weight excluding hydrogens is 424 g/mol. The molecular formula is C13H20BrCl2F3N2S. The van der Waals surface area contributed by atoms with Gasteiger partial charge in [0.25, 0.3) is 0 Å². The lowest BCUT2D eigenvalue weighted by Gasteiger charge is -2.34. The van der Waals surface area contributed by atoms with E-state index in [1.807, 2.05) is 13.0 Å². The van der Waals surface area contributed by atoms with E-state index in [0.29, 0.717) is 0 Å². The van der Waals surface area contributed by atoms with Crippen LogP contribution >= 0.6 is 52.1 Å². The molecule has 0 radical (unpaired) electrons. The predicted molar refractivity (Wildman–Crippen MR) is 93.7 cm³/mol. The fourth-order valence-electron chi connectivity index (χ4n) is 2.45. The third-order valence-electron chi connectivity index (χ3n) is 3.50. The summed E-state index contributed by atoms with van der Waals surface area (Å²) in [5.41, 5.74) is 1.09. The molecule has 0 aromatic carbocycles. The van der Waals surface area contributed by atoms with E-state index in [-0.39, 0.29) is 37.3 Å². The number of aryl methyl sites for hydroxylation is 1. The fraction of sp³-hybridized carbons (Fsp3) is 0.692. The minimum atomic E-state index is -4.09. The molecule has 1 aromatic rings. The Morgan fingerprint density at radius 1 is 1.32 bits per heavy atom. The SMILES string of the molecule is Cc1cc([C@@H](CCC(F)(F)F)N2CCNCC2)sc1Br.Cl.Cl. The molecule has 0 bridgehead atoms. The second-order valence-corrected chi connectivity index (χ2v) is 7.46. The number of halogens is 6. The second kappa shape index (κ2) is 9.69. The Hall–Kier alpha value is 0.470. The van der Waals surface area contributed by atoms with Crippen molar-refractivity contribution in [2.24, 2.45) is 0 Å². The minimum Gasteiger partial charge on any atom is -0.314 e. The summed E-state index contributed by atoms with van der Waals surface area (Å²) >= 11 is 5.02. The van der Waals surface area contributed by atoms with Crippen LogP contribution in [0.15, 0.2) is 9.85 Å². The van der Waals surface area contributed by atoms with E-state index in [2.05, 4.69) is 26.1 Å². The summed E-state index contributed by atoms with van der Waals surface area (Å²) in [5, 5.41) is 3.24. The first kappa shape index (κ1) is 22.5. The zero-order valence-electron chi connectivity index (χ0n) is 12.1. The van der Waals surface area contributed by atoms with Gasteiger partial charge < -0.3 is 5.32 Å². The number of alkyl halides is 3. The maximum Gasteiger partial charge on any atom is 0.389 e. The van der Waals surface area contributed by atoms with E-state index in [0.717, 1.165) is 40.4 Å².